The van der Waals surface area contributed by atoms with Gasteiger partial charge in [-0.1, -0.05) is 36.4 Å². The molecular formula is C19H22F2N2O. The van der Waals surface area contributed by atoms with Crippen molar-refractivity contribution in [2.75, 3.05) is 0 Å². The first kappa shape index (κ1) is 17.9. The molecule has 3 nitrogen and oxygen atoms in total. The fourth-order valence-electron chi connectivity index (χ4n) is 2.43. The maximum atomic E-state index is 13.2. The lowest BCUT2D eigenvalue weighted by molar-refractivity contribution is 0.234. The van der Waals surface area contributed by atoms with Crippen molar-refractivity contribution in [3.05, 3.63) is 71.3 Å². The van der Waals surface area contributed by atoms with E-state index in [4.69, 9.17) is 0 Å². The number of aryl methyl sites for hydroxylation is 1. The predicted octanol–water partition coefficient (Wildman–Crippen LogP) is 4.35. The molecular weight excluding hydrogens is 310 g/mol. The molecule has 0 aliphatic rings. The van der Waals surface area contributed by atoms with Crippen molar-refractivity contribution in [1.29, 1.82) is 0 Å². The molecule has 2 aromatic rings. The summed E-state index contributed by atoms with van der Waals surface area (Å²) in [7, 11) is 0. The van der Waals surface area contributed by atoms with Crippen molar-refractivity contribution >= 4 is 6.03 Å². The molecule has 2 atom stereocenters. The van der Waals surface area contributed by atoms with Crippen LogP contribution in [0.5, 0.6) is 0 Å². The molecule has 2 amide bonds. The van der Waals surface area contributed by atoms with Crippen LogP contribution in [-0.2, 0) is 6.42 Å². The first-order valence-corrected chi connectivity index (χ1v) is 8.01. The lowest BCUT2D eigenvalue weighted by Crippen LogP contribution is -2.41. The van der Waals surface area contributed by atoms with E-state index in [0.717, 1.165) is 25.0 Å². The van der Waals surface area contributed by atoms with Crippen LogP contribution in [0.25, 0.3) is 0 Å². The number of benzene rings is 2. The lowest BCUT2D eigenvalue weighted by Gasteiger charge is -2.18. The van der Waals surface area contributed by atoms with Gasteiger partial charge in [-0.15, -0.1) is 0 Å². The minimum atomic E-state index is -0.919. The van der Waals surface area contributed by atoms with Crippen LogP contribution in [0, 0.1) is 11.6 Å². The van der Waals surface area contributed by atoms with Crippen molar-refractivity contribution < 1.29 is 13.6 Å². The highest BCUT2D eigenvalue weighted by atomic mass is 19.2. The summed E-state index contributed by atoms with van der Waals surface area (Å²) in [4.78, 5) is 12.0. The third-order valence-electron chi connectivity index (χ3n) is 3.88. The van der Waals surface area contributed by atoms with Gasteiger partial charge in [0.1, 0.15) is 0 Å². The van der Waals surface area contributed by atoms with Crippen molar-refractivity contribution in [1.82, 2.24) is 10.6 Å². The Morgan fingerprint density at radius 3 is 2.38 bits per heavy atom. The van der Waals surface area contributed by atoms with Crippen molar-refractivity contribution in [3.8, 4) is 0 Å². The van der Waals surface area contributed by atoms with E-state index < -0.39 is 17.7 Å². The fraction of sp³-hybridized carbons (Fsp3) is 0.316. The van der Waals surface area contributed by atoms with Gasteiger partial charge >= 0.3 is 6.03 Å². The molecule has 5 heteroatoms. The molecule has 2 N–H and O–H groups in total. The summed E-state index contributed by atoms with van der Waals surface area (Å²) in [6, 6.07) is 12.9. The van der Waals surface area contributed by atoms with Crippen LogP contribution >= 0.6 is 0 Å². The van der Waals surface area contributed by atoms with E-state index in [0.29, 0.717) is 5.56 Å². The molecule has 24 heavy (non-hydrogen) atoms. The number of hydrogen-bond donors (Lipinski definition) is 2. The van der Waals surface area contributed by atoms with Crippen LogP contribution in [0.15, 0.2) is 48.5 Å². The van der Waals surface area contributed by atoms with Gasteiger partial charge in [-0.2, -0.15) is 0 Å². The molecule has 0 bridgehead atoms. The molecule has 0 fully saturated rings. The zero-order valence-electron chi connectivity index (χ0n) is 13.9. The standard InChI is InChI=1S/C19H22F2N2O/c1-13(8-9-15-6-4-3-5-7-15)22-19(24)23-14(2)16-10-11-17(20)18(21)12-16/h3-7,10-14H,8-9H2,1-2H3,(H2,22,23,24)/t13-,14-/m0/s1. The summed E-state index contributed by atoms with van der Waals surface area (Å²) in [5.41, 5.74) is 1.74. The average Bonchev–Trinajstić information content (AvgIpc) is 2.56. The Labute approximate surface area is 141 Å². The van der Waals surface area contributed by atoms with Crippen LogP contribution in [0.4, 0.5) is 13.6 Å². The number of carbonyl (C=O) groups is 1. The Bertz CT molecular complexity index is 676. The van der Waals surface area contributed by atoms with Crippen LogP contribution in [-0.4, -0.2) is 12.1 Å². The van der Waals surface area contributed by atoms with Gasteiger partial charge in [0.05, 0.1) is 6.04 Å². The van der Waals surface area contributed by atoms with Crippen LogP contribution < -0.4 is 10.6 Å². The largest absolute Gasteiger partial charge is 0.336 e. The van der Waals surface area contributed by atoms with Crippen LogP contribution in [0.3, 0.4) is 0 Å². The van der Waals surface area contributed by atoms with E-state index in [1.54, 1.807) is 6.92 Å². The van der Waals surface area contributed by atoms with E-state index >= 15 is 0 Å². The van der Waals surface area contributed by atoms with E-state index in [1.165, 1.54) is 11.6 Å². The molecule has 0 aliphatic carbocycles. The number of halogens is 2. The third kappa shape index (κ3) is 5.33. The van der Waals surface area contributed by atoms with Crippen molar-refractivity contribution in [2.24, 2.45) is 0 Å². The molecule has 2 aromatic carbocycles. The first-order valence-electron chi connectivity index (χ1n) is 8.01. The number of hydrogen-bond acceptors (Lipinski definition) is 1. The van der Waals surface area contributed by atoms with Crippen molar-refractivity contribution in [2.45, 2.75) is 38.8 Å². The molecule has 0 saturated carbocycles. The number of nitrogens with one attached hydrogen (secondary N) is 2. The smallest absolute Gasteiger partial charge is 0.315 e. The second kappa shape index (κ2) is 8.43. The topological polar surface area (TPSA) is 41.1 Å². The molecule has 0 spiro atoms. The van der Waals surface area contributed by atoms with Gasteiger partial charge < -0.3 is 10.6 Å². The maximum absolute atomic E-state index is 13.2. The number of urea groups is 1. The zero-order chi connectivity index (χ0) is 17.5. The highest BCUT2D eigenvalue weighted by Gasteiger charge is 2.13. The minimum absolute atomic E-state index is 0.00219. The zero-order valence-corrected chi connectivity index (χ0v) is 13.9. The minimum Gasteiger partial charge on any atom is -0.336 e. The van der Waals surface area contributed by atoms with Crippen LogP contribution in [0.2, 0.25) is 0 Å². The molecule has 0 aliphatic heterocycles. The second-order valence-corrected chi connectivity index (χ2v) is 5.94. The Morgan fingerprint density at radius 1 is 1.00 bits per heavy atom. The summed E-state index contributed by atoms with van der Waals surface area (Å²) >= 11 is 0. The Kier molecular flexibility index (Phi) is 6.29. The summed E-state index contributed by atoms with van der Waals surface area (Å²) in [6.45, 7) is 3.66. The SMILES string of the molecule is C[C@H](NC(=O)N[C@@H](C)CCc1ccccc1)c1ccc(F)c(F)c1. The van der Waals surface area contributed by atoms with Gasteiger partial charge in [-0.05, 0) is 49.9 Å². The summed E-state index contributed by atoms with van der Waals surface area (Å²) in [5, 5.41) is 5.59. The van der Waals surface area contributed by atoms with E-state index in [9.17, 15) is 13.6 Å². The summed E-state index contributed by atoms with van der Waals surface area (Å²) in [5.74, 6) is -1.82. The Balaban J connectivity index is 1.80. The van der Waals surface area contributed by atoms with Gasteiger partial charge in [0.15, 0.2) is 11.6 Å². The quantitative estimate of drug-likeness (QED) is 0.811. The van der Waals surface area contributed by atoms with E-state index in [-0.39, 0.29) is 12.1 Å². The normalized spacial score (nSPS) is 13.2. The van der Waals surface area contributed by atoms with Crippen LogP contribution in [0.1, 0.15) is 37.4 Å². The number of amides is 2. The molecule has 128 valence electrons. The molecule has 2 rings (SSSR count). The van der Waals surface area contributed by atoms with Gasteiger partial charge in [0.2, 0.25) is 0 Å². The number of carbonyl (C=O) groups excluding carboxylic acids is 1. The number of rotatable bonds is 6. The molecule has 0 unspecified atom stereocenters. The van der Waals surface area contributed by atoms with Gasteiger partial charge in [0.25, 0.3) is 0 Å². The van der Waals surface area contributed by atoms with Crippen molar-refractivity contribution in [3.63, 3.8) is 0 Å². The van der Waals surface area contributed by atoms with Gasteiger partial charge in [-0.3, -0.25) is 0 Å². The third-order valence-corrected chi connectivity index (χ3v) is 3.88. The Hall–Kier alpha value is -2.43. The molecule has 0 saturated heterocycles. The Morgan fingerprint density at radius 2 is 1.71 bits per heavy atom. The van der Waals surface area contributed by atoms with E-state index in [2.05, 4.69) is 22.8 Å². The van der Waals surface area contributed by atoms with E-state index in [1.807, 2.05) is 25.1 Å². The predicted molar refractivity (Wildman–Crippen MR) is 90.7 cm³/mol. The molecule has 0 radical (unpaired) electrons. The lowest BCUT2D eigenvalue weighted by atomic mass is 10.1. The second-order valence-electron chi connectivity index (χ2n) is 5.94. The monoisotopic (exact) mass is 332 g/mol. The summed E-state index contributed by atoms with van der Waals surface area (Å²) in [6.07, 6.45) is 1.69. The van der Waals surface area contributed by atoms with Gasteiger partial charge in [-0.25, -0.2) is 13.6 Å². The summed E-state index contributed by atoms with van der Waals surface area (Å²) < 4.78 is 26.2. The first-order chi connectivity index (χ1) is 11.5. The molecule has 0 heterocycles. The highest BCUT2D eigenvalue weighted by Crippen LogP contribution is 2.15. The maximum Gasteiger partial charge on any atom is 0.315 e. The van der Waals surface area contributed by atoms with Gasteiger partial charge in [0, 0.05) is 6.04 Å². The average molecular weight is 332 g/mol. The highest BCUT2D eigenvalue weighted by molar-refractivity contribution is 5.74. The molecule has 0 aromatic heterocycles. The fourth-order valence-corrected chi connectivity index (χ4v) is 2.43.